The van der Waals surface area contributed by atoms with Gasteiger partial charge in [0.25, 0.3) is 0 Å². The third kappa shape index (κ3) is 4.66. The molecule has 118 valence electrons. The van der Waals surface area contributed by atoms with E-state index in [1.165, 1.54) is 18.4 Å². The first-order chi connectivity index (χ1) is 9.90. The van der Waals surface area contributed by atoms with Crippen LogP contribution in [-0.4, -0.2) is 37.9 Å². The van der Waals surface area contributed by atoms with E-state index in [0.29, 0.717) is 24.9 Å². The van der Waals surface area contributed by atoms with E-state index in [9.17, 15) is 12.8 Å². The minimum absolute atomic E-state index is 0.136. The van der Waals surface area contributed by atoms with Gasteiger partial charge in [-0.15, -0.1) is 11.6 Å². The summed E-state index contributed by atoms with van der Waals surface area (Å²) in [6.07, 6.45) is 3.99. The second kappa shape index (κ2) is 7.07. The predicted octanol–water partition coefficient (Wildman–Crippen LogP) is 3.21. The third-order valence-electron chi connectivity index (χ3n) is 4.10. The van der Waals surface area contributed by atoms with Crippen LogP contribution >= 0.6 is 11.6 Å². The molecule has 6 heteroatoms. The van der Waals surface area contributed by atoms with E-state index in [-0.39, 0.29) is 11.7 Å². The maximum absolute atomic E-state index is 13.0. The lowest BCUT2D eigenvalue weighted by Crippen LogP contribution is -2.39. The first kappa shape index (κ1) is 16.7. The Balaban J connectivity index is 2.03. The topological polar surface area (TPSA) is 37.4 Å². The van der Waals surface area contributed by atoms with Gasteiger partial charge in [-0.1, -0.05) is 12.1 Å². The molecular formula is C15H21ClFNO2S. The van der Waals surface area contributed by atoms with Gasteiger partial charge in [0.15, 0.2) is 0 Å². The lowest BCUT2D eigenvalue weighted by atomic mass is 9.86. The standard InChI is InChI=1S/C15H21ClFNO2S/c1-21(19,20)18-8-2-3-12(11-18)9-14(10-16)13-4-6-15(17)7-5-13/h4-7,12,14H,2-3,8-11H2,1H3. The van der Waals surface area contributed by atoms with Gasteiger partial charge in [-0.3, -0.25) is 0 Å². The Kier molecular flexibility index (Phi) is 5.63. The van der Waals surface area contributed by atoms with Gasteiger partial charge in [0.1, 0.15) is 5.82 Å². The summed E-state index contributed by atoms with van der Waals surface area (Å²) in [7, 11) is -3.12. The Labute approximate surface area is 131 Å². The van der Waals surface area contributed by atoms with Crippen LogP contribution in [0, 0.1) is 11.7 Å². The van der Waals surface area contributed by atoms with E-state index >= 15 is 0 Å². The highest BCUT2D eigenvalue weighted by Crippen LogP contribution is 2.30. The van der Waals surface area contributed by atoms with Crippen molar-refractivity contribution in [1.29, 1.82) is 0 Å². The Morgan fingerprint density at radius 1 is 1.38 bits per heavy atom. The highest BCUT2D eigenvalue weighted by molar-refractivity contribution is 7.88. The second-order valence-electron chi connectivity index (χ2n) is 5.77. The number of benzene rings is 1. The van der Waals surface area contributed by atoms with Crippen molar-refractivity contribution in [3.05, 3.63) is 35.6 Å². The number of hydrogen-bond donors (Lipinski definition) is 0. The van der Waals surface area contributed by atoms with Gasteiger partial charge in [-0.25, -0.2) is 17.1 Å². The number of hydrogen-bond acceptors (Lipinski definition) is 2. The molecular weight excluding hydrogens is 313 g/mol. The Bertz CT molecular complexity index is 562. The predicted molar refractivity (Wildman–Crippen MR) is 83.6 cm³/mol. The lowest BCUT2D eigenvalue weighted by molar-refractivity contribution is 0.249. The van der Waals surface area contributed by atoms with Gasteiger partial charge in [-0.2, -0.15) is 0 Å². The average Bonchev–Trinajstić information content (AvgIpc) is 2.45. The lowest BCUT2D eigenvalue weighted by Gasteiger charge is -2.32. The summed E-state index contributed by atoms with van der Waals surface area (Å²) >= 11 is 6.06. The summed E-state index contributed by atoms with van der Waals surface area (Å²) in [6, 6.07) is 6.41. The monoisotopic (exact) mass is 333 g/mol. The maximum Gasteiger partial charge on any atom is 0.211 e. The van der Waals surface area contributed by atoms with Crippen molar-refractivity contribution < 1.29 is 12.8 Å². The van der Waals surface area contributed by atoms with Crippen molar-refractivity contribution in [3.8, 4) is 0 Å². The zero-order valence-electron chi connectivity index (χ0n) is 12.1. The number of alkyl halides is 1. The van der Waals surface area contributed by atoms with Gasteiger partial charge in [-0.05, 0) is 48.8 Å². The largest absolute Gasteiger partial charge is 0.213 e. The molecule has 1 aromatic carbocycles. The van der Waals surface area contributed by atoms with Crippen LogP contribution in [0.5, 0.6) is 0 Å². The molecule has 2 unspecified atom stereocenters. The molecule has 2 rings (SSSR count). The van der Waals surface area contributed by atoms with Crippen molar-refractivity contribution in [1.82, 2.24) is 4.31 Å². The molecule has 0 amide bonds. The summed E-state index contributed by atoms with van der Waals surface area (Å²) < 4.78 is 37.8. The first-order valence-electron chi connectivity index (χ1n) is 7.16. The van der Waals surface area contributed by atoms with Crippen molar-refractivity contribution in [3.63, 3.8) is 0 Å². The Morgan fingerprint density at radius 2 is 2.05 bits per heavy atom. The number of rotatable bonds is 5. The summed E-state index contributed by atoms with van der Waals surface area (Å²) in [6.45, 7) is 1.17. The second-order valence-corrected chi connectivity index (χ2v) is 8.06. The zero-order chi connectivity index (χ0) is 15.5. The SMILES string of the molecule is CS(=O)(=O)N1CCCC(CC(CCl)c2ccc(F)cc2)C1. The van der Waals surface area contributed by atoms with Crippen molar-refractivity contribution in [2.75, 3.05) is 25.2 Å². The van der Waals surface area contributed by atoms with Crippen molar-refractivity contribution >= 4 is 21.6 Å². The van der Waals surface area contributed by atoms with Crippen LogP contribution in [0.1, 0.15) is 30.7 Å². The van der Waals surface area contributed by atoms with Gasteiger partial charge in [0, 0.05) is 19.0 Å². The summed E-state index contributed by atoms with van der Waals surface area (Å²) in [5.74, 6) is 0.646. The summed E-state index contributed by atoms with van der Waals surface area (Å²) in [4.78, 5) is 0. The van der Waals surface area contributed by atoms with Crippen LogP contribution in [0.2, 0.25) is 0 Å². The molecule has 0 aromatic heterocycles. The zero-order valence-corrected chi connectivity index (χ0v) is 13.7. The molecule has 0 radical (unpaired) electrons. The van der Waals surface area contributed by atoms with E-state index < -0.39 is 10.0 Å². The fourth-order valence-electron chi connectivity index (χ4n) is 2.95. The van der Waals surface area contributed by atoms with Crippen LogP contribution in [0.15, 0.2) is 24.3 Å². The quantitative estimate of drug-likeness (QED) is 0.776. The summed E-state index contributed by atoms with van der Waals surface area (Å²) in [5.41, 5.74) is 1.02. The summed E-state index contributed by atoms with van der Waals surface area (Å²) in [5, 5.41) is 0. The van der Waals surface area contributed by atoms with Crippen molar-refractivity contribution in [2.24, 2.45) is 5.92 Å². The molecule has 1 saturated heterocycles. The molecule has 3 nitrogen and oxygen atoms in total. The smallest absolute Gasteiger partial charge is 0.211 e. The van der Waals surface area contributed by atoms with E-state index in [2.05, 4.69) is 0 Å². The van der Waals surface area contributed by atoms with Gasteiger partial charge >= 0.3 is 0 Å². The maximum atomic E-state index is 13.0. The molecule has 0 saturated carbocycles. The molecule has 1 fully saturated rings. The molecule has 1 aliphatic heterocycles. The molecule has 1 heterocycles. The number of halogens is 2. The van der Waals surface area contributed by atoms with E-state index in [1.54, 1.807) is 16.4 Å². The minimum Gasteiger partial charge on any atom is -0.213 e. The van der Waals surface area contributed by atoms with E-state index in [1.807, 2.05) is 0 Å². The fraction of sp³-hybridized carbons (Fsp3) is 0.600. The molecule has 21 heavy (non-hydrogen) atoms. The number of sulfonamides is 1. The van der Waals surface area contributed by atoms with Crippen LogP contribution in [-0.2, 0) is 10.0 Å². The third-order valence-corrected chi connectivity index (χ3v) is 5.74. The van der Waals surface area contributed by atoms with Crippen LogP contribution in [0.3, 0.4) is 0 Å². The number of piperidine rings is 1. The Morgan fingerprint density at radius 3 is 2.62 bits per heavy atom. The van der Waals surface area contributed by atoms with Gasteiger partial charge < -0.3 is 0 Å². The van der Waals surface area contributed by atoms with Gasteiger partial charge in [0.2, 0.25) is 10.0 Å². The highest BCUT2D eigenvalue weighted by atomic mass is 35.5. The highest BCUT2D eigenvalue weighted by Gasteiger charge is 2.27. The molecule has 0 bridgehead atoms. The Hall–Kier alpha value is -0.650. The molecule has 1 aliphatic rings. The fourth-order valence-corrected chi connectivity index (χ4v) is 4.19. The van der Waals surface area contributed by atoms with Gasteiger partial charge in [0.05, 0.1) is 6.26 Å². The number of nitrogens with zero attached hydrogens (tertiary/aromatic N) is 1. The normalized spacial score (nSPS) is 22.1. The van der Waals surface area contributed by atoms with Crippen molar-refractivity contribution in [2.45, 2.75) is 25.2 Å². The molecule has 1 aromatic rings. The first-order valence-corrected chi connectivity index (χ1v) is 9.55. The molecule has 0 N–H and O–H groups in total. The van der Waals surface area contributed by atoms with E-state index in [4.69, 9.17) is 11.6 Å². The van der Waals surface area contributed by atoms with Crippen LogP contribution in [0.25, 0.3) is 0 Å². The van der Waals surface area contributed by atoms with E-state index in [0.717, 1.165) is 24.8 Å². The average molecular weight is 334 g/mol. The van der Waals surface area contributed by atoms with Crippen LogP contribution < -0.4 is 0 Å². The molecule has 2 atom stereocenters. The molecule has 0 aliphatic carbocycles. The van der Waals surface area contributed by atoms with Crippen LogP contribution in [0.4, 0.5) is 4.39 Å². The minimum atomic E-state index is -3.12. The molecule has 0 spiro atoms.